The maximum absolute atomic E-state index is 9.76. The molecule has 0 atom stereocenters. The van der Waals surface area contributed by atoms with E-state index in [2.05, 4.69) is 29.6 Å². The summed E-state index contributed by atoms with van der Waals surface area (Å²) in [6.45, 7) is 0.611. The van der Waals surface area contributed by atoms with Crippen molar-refractivity contribution in [2.45, 2.75) is 6.54 Å². The van der Waals surface area contributed by atoms with E-state index < -0.39 is 0 Å². The number of hydrogen-bond donors (Lipinski definition) is 3. The van der Waals surface area contributed by atoms with Crippen LogP contribution in [-0.2, 0) is 6.54 Å². The van der Waals surface area contributed by atoms with Crippen LogP contribution in [0.2, 0.25) is 0 Å². The fourth-order valence-electron chi connectivity index (χ4n) is 2.31. The first kappa shape index (κ1) is 12.4. The normalized spacial score (nSPS) is 10.6. The van der Waals surface area contributed by atoms with Crippen molar-refractivity contribution in [2.24, 2.45) is 0 Å². The van der Waals surface area contributed by atoms with Crippen LogP contribution in [0.3, 0.4) is 0 Å². The van der Waals surface area contributed by atoms with Crippen molar-refractivity contribution in [3.63, 3.8) is 0 Å². The highest BCUT2D eigenvalue weighted by atomic mass is 16.3. The van der Waals surface area contributed by atoms with Crippen LogP contribution in [0, 0.1) is 0 Å². The molecule has 0 bridgehead atoms. The van der Waals surface area contributed by atoms with E-state index in [0.29, 0.717) is 12.2 Å². The van der Waals surface area contributed by atoms with Crippen molar-refractivity contribution in [2.75, 3.05) is 5.32 Å². The number of hydrogen-bond acceptors (Lipinski definition) is 3. The van der Waals surface area contributed by atoms with Gasteiger partial charge in [0.05, 0.1) is 5.69 Å². The summed E-state index contributed by atoms with van der Waals surface area (Å²) >= 11 is 0. The van der Waals surface area contributed by atoms with Crippen LogP contribution in [0.5, 0.6) is 11.5 Å². The Labute approximate surface area is 117 Å². The number of nitrogens with one attached hydrogen (secondary N) is 1. The second kappa shape index (κ2) is 5.13. The number of anilines is 1. The highest BCUT2D eigenvalue weighted by Crippen LogP contribution is 2.28. The summed E-state index contributed by atoms with van der Waals surface area (Å²) in [5.74, 6) is 0.100. The molecule has 0 fully saturated rings. The minimum atomic E-state index is 0.0465. The molecular weight excluding hydrogens is 250 g/mol. The molecule has 3 rings (SSSR count). The zero-order chi connectivity index (χ0) is 13.9. The SMILES string of the molecule is Oc1ccc(NCc2cccc3ccccc23)c(O)c1. The van der Waals surface area contributed by atoms with Gasteiger partial charge in [-0.2, -0.15) is 0 Å². The van der Waals surface area contributed by atoms with Gasteiger partial charge >= 0.3 is 0 Å². The molecule has 0 unspecified atom stereocenters. The molecule has 0 heterocycles. The lowest BCUT2D eigenvalue weighted by molar-refractivity contribution is 0.452. The lowest BCUT2D eigenvalue weighted by Crippen LogP contribution is -2.00. The zero-order valence-electron chi connectivity index (χ0n) is 10.9. The third-order valence-electron chi connectivity index (χ3n) is 3.33. The lowest BCUT2D eigenvalue weighted by Gasteiger charge is -2.11. The Kier molecular flexibility index (Phi) is 3.17. The van der Waals surface area contributed by atoms with Gasteiger partial charge in [0.1, 0.15) is 11.5 Å². The van der Waals surface area contributed by atoms with Crippen LogP contribution < -0.4 is 5.32 Å². The van der Waals surface area contributed by atoms with Gasteiger partial charge in [-0.25, -0.2) is 0 Å². The fourth-order valence-corrected chi connectivity index (χ4v) is 2.31. The van der Waals surface area contributed by atoms with E-state index in [-0.39, 0.29) is 11.5 Å². The molecular formula is C17H15NO2. The van der Waals surface area contributed by atoms with Gasteiger partial charge in [-0.15, -0.1) is 0 Å². The predicted octanol–water partition coefficient (Wildman–Crippen LogP) is 3.86. The smallest absolute Gasteiger partial charge is 0.142 e. The molecule has 0 aliphatic rings. The topological polar surface area (TPSA) is 52.5 Å². The Balaban J connectivity index is 1.87. The second-order valence-electron chi connectivity index (χ2n) is 4.69. The van der Waals surface area contributed by atoms with Gasteiger partial charge in [0.25, 0.3) is 0 Å². The molecule has 3 nitrogen and oxygen atoms in total. The molecule has 3 N–H and O–H groups in total. The van der Waals surface area contributed by atoms with Crippen LogP contribution in [-0.4, -0.2) is 10.2 Å². The molecule has 0 aliphatic heterocycles. The number of phenols is 2. The van der Waals surface area contributed by atoms with Crippen LogP contribution in [0.1, 0.15) is 5.56 Å². The molecule has 0 amide bonds. The molecule has 3 aromatic carbocycles. The van der Waals surface area contributed by atoms with Gasteiger partial charge in [0, 0.05) is 12.6 Å². The minimum absolute atomic E-state index is 0.0465. The van der Waals surface area contributed by atoms with Crippen molar-refractivity contribution in [3.05, 3.63) is 66.2 Å². The maximum Gasteiger partial charge on any atom is 0.142 e. The standard InChI is InChI=1S/C17H15NO2/c19-14-8-9-16(17(20)10-14)18-11-13-6-3-5-12-4-1-2-7-15(12)13/h1-10,18-20H,11H2. The summed E-state index contributed by atoms with van der Waals surface area (Å²) in [5, 5.41) is 24.6. The third kappa shape index (κ3) is 2.38. The average molecular weight is 265 g/mol. The summed E-state index contributed by atoms with van der Waals surface area (Å²) in [7, 11) is 0. The molecule has 0 aliphatic carbocycles. The van der Waals surface area contributed by atoms with E-state index in [9.17, 15) is 10.2 Å². The van der Waals surface area contributed by atoms with E-state index in [1.807, 2.05) is 18.2 Å². The molecule has 0 aromatic heterocycles. The first-order chi connectivity index (χ1) is 9.74. The highest BCUT2D eigenvalue weighted by molar-refractivity contribution is 5.85. The molecule has 0 spiro atoms. The van der Waals surface area contributed by atoms with Gasteiger partial charge in [0.2, 0.25) is 0 Å². The first-order valence-electron chi connectivity index (χ1n) is 6.46. The number of phenolic OH excluding ortho intramolecular Hbond substituents is 2. The van der Waals surface area contributed by atoms with E-state index in [1.54, 1.807) is 12.1 Å². The Hall–Kier alpha value is -2.68. The van der Waals surface area contributed by atoms with Crippen molar-refractivity contribution < 1.29 is 10.2 Å². The van der Waals surface area contributed by atoms with Crippen molar-refractivity contribution in [1.82, 2.24) is 0 Å². The molecule has 20 heavy (non-hydrogen) atoms. The van der Waals surface area contributed by atoms with Gasteiger partial charge in [-0.3, -0.25) is 0 Å². The quantitative estimate of drug-likeness (QED) is 0.498. The van der Waals surface area contributed by atoms with E-state index in [1.165, 1.54) is 16.8 Å². The average Bonchev–Trinajstić information content (AvgIpc) is 2.46. The highest BCUT2D eigenvalue weighted by Gasteiger charge is 2.04. The molecule has 3 heteroatoms. The van der Waals surface area contributed by atoms with Gasteiger partial charge < -0.3 is 15.5 Å². The van der Waals surface area contributed by atoms with Gasteiger partial charge in [-0.05, 0) is 28.5 Å². The maximum atomic E-state index is 9.76. The summed E-state index contributed by atoms with van der Waals surface area (Å²) in [6.07, 6.45) is 0. The van der Waals surface area contributed by atoms with Crippen LogP contribution in [0.4, 0.5) is 5.69 Å². The van der Waals surface area contributed by atoms with Crippen LogP contribution >= 0.6 is 0 Å². The summed E-state index contributed by atoms with van der Waals surface area (Å²) in [4.78, 5) is 0. The summed E-state index contributed by atoms with van der Waals surface area (Å²) < 4.78 is 0. The molecule has 100 valence electrons. The predicted molar refractivity (Wildman–Crippen MR) is 81.0 cm³/mol. The van der Waals surface area contributed by atoms with Gasteiger partial charge in [-0.1, -0.05) is 42.5 Å². The molecule has 3 aromatic rings. The van der Waals surface area contributed by atoms with E-state index in [4.69, 9.17) is 0 Å². The third-order valence-corrected chi connectivity index (χ3v) is 3.33. The second-order valence-corrected chi connectivity index (χ2v) is 4.69. The molecule has 0 saturated heterocycles. The largest absolute Gasteiger partial charge is 0.508 e. The summed E-state index contributed by atoms with van der Waals surface area (Å²) in [5.41, 5.74) is 1.77. The number of rotatable bonds is 3. The Bertz CT molecular complexity index is 748. The number of benzene rings is 3. The minimum Gasteiger partial charge on any atom is -0.508 e. The lowest BCUT2D eigenvalue weighted by atomic mass is 10.0. The summed E-state index contributed by atoms with van der Waals surface area (Å²) in [6, 6.07) is 18.9. The Morgan fingerprint density at radius 2 is 1.65 bits per heavy atom. The van der Waals surface area contributed by atoms with E-state index in [0.717, 1.165) is 5.56 Å². The van der Waals surface area contributed by atoms with Crippen molar-refractivity contribution >= 4 is 16.5 Å². The molecule has 0 saturated carbocycles. The van der Waals surface area contributed by atoms with E-state index >= 15 is 0 Å². The van der Waals surface area contributed by atoms with Crippen molar-refractivity contribution in [1.29, 1.82) is 0 Å². The van der Waals surface area contributed by atoms with Crippen LogP contribution in [0.25, 0.3) is 10.8 Å². The Morgan fingerprint density at radius 3 is 2.50 bits per heavy atom. The number of aromatic hydroxyl groups is 2. The fraction of sp³-hybridized carbons (Fsp3) is 0.0588. The zero-order valence-corrected chi connectivity index (χ0v) is 10.9. The first-order valence-corrected chi connectivity index (χ1v) is 6.46. The Morgan fingerprint density at radius 1 is 0.850 bits per heavy atom. The van der Waals surface area contributed by atoms with Crippen LogP contribution in [0.15, 0.2) is 60.7 Å². The monoisotopic (exact) mass is 265 g/mol. The van der Waals surface area contributed by atoms with Crippen molar-refractivity contribution in [3.8, 4) is 11.5 Å². The number of fused-ring (bicyclic) bond motifs is 1. The van der Waals surface area contributed by atoms with Gasteiger partial charge in [0.15, 0.2) is 0 Å². The molecule has 0 radical (unpaired) electrons.